The van der Waals surface area contributed by atoms with Crippen molar-refractivity contribution >= 4 is 23.5 Å². The van der Waals surface area contributed by atoms with Gasteiger partial charge in [-0.15, -0.1) is 0 Å². The molecule has 5 heteroatoms. The molecule has 0 radical (unpaired) electrons. The van der Waals surface area contributed by atoms with Crippen molar-refractivity contribution < 1.29 is 14.7 Å². The lowest BCUT2D eigenvalue weighted by Crippen LogP contribution is -2.47. The molecule has 98 valence electrons. The highest BCUT2D eigenvalue weighted by molar-refractivity contribution is 6.30. The first-order valence-electron chi connectivity index (χ1n) is 5.55. The standard InChI is InChI=1S/C13H16ClNO3/c1-8(11(16)17)15-12(18)13(2,3)9-5-4-6-10(14)7-9/h4-8H,1-3H3,(H,15,18)(H,16,17)/t8-/m0/s1. The van der Waals surface area contributed by atoms with Crippen molar-refractivity contribution in [3.05, 3.63) is 34.9 Å². The van der Waals surface area contributed by atoms with Gasteiger partial charge < -0.3 is 10.4 Å². The summed E-state index contributed by atoms with van der Waals surface area (Å²) >= 11 is 5.89. The second kappa shape index (κ2) is 5.40. The van der Waals surface area contributed by atoms with Crippen molar-refractivity contribution in [3.63, 3.8) is 0 Å². The van der Waals surface area contributed by atoms with Crippen LogP contribution in [0.1, 0.15) is 26.3 Å². The number of benzene rings is 1. The van der Waals surface area contributed by atoms with Gasteiger partial charge in [-0.25, -0.2) is 0 Å². The molecule has 0 saturated carbocycles. The second-order valence-electron chi connectivity index (χ2n) is 4.67. The molecule has 0 aliphatic rings. The van der Waals surface area contributed by atoms with Crippen LogP contribution < -0.4 is 5.32 Å². The number of carbonyl (C=O) groups is 2. The topological polar surface area (TPSA) is 66.4 Å². The van der Waals surface area contributed by atoms with E-state index < -0.39 is 17.4 Å². The number of hydrogen-bond donors (Lipinski definition) is 2. The van der Waals surface area contributed by atoms with Crippen molar-refractivity contribution in [3.8, 4) is 0 Å². The first-order valence-corrected chi connectivity index (χ1v) is 5.92. The van der Waals surface area contributed by atoms with Crippen LogP contribution in [0.5, 0.6) is 0 Å². The van der Waals surface area contributed by atoms with E-state index in [1.165, 1.54) is 6.92 Å². The number of hydrogen-bond acceptors (Lipinski definition) is 2. The van der Waals surface area contributed by atoms with E-state index in [-0.39, 0.29) is 5.91 Å². The number of nitrogens with one attached hydrogen (secondary N) is 1. The fourth-order valence-electron chi connectivity index (χ4n) is 1.45. The Morgan fingerprint density at radius 3 is 2.50 bits per heavy atom. The minimum Gasteiger partial charge on any atom is -0.480 e. The normalized spacial score (nSPS) is 12.9. The Labute approximate surface area is 111 Å². The van der Waals surface area contributed by atoms with Crippen LogP contribution in [0, 0.1) is 0 Å². The summed E-state index contributed by atoms with van der Waals surface area (Å²) in [6, 6.07) is 6.05. The first kappa shape index (κ1) is 14.5. The summed E-state index contributed by atoms with van der Waals surface area (Å²) in [7, 11) is 0. The van der Waals surface area contributed by atoms with Gasteiger partial charge in [0.15, 0.2) is 0 Å². The fourth-order valence-corrected chi connectivity index (χ4v) is 1.64. The molecule has 1 aromatic rings. The van der Waals surface area contributed by atoms with E-state index in [1.54, 1.807) is 38.1 Å². The van der Waals surface area contributed by atoms with Gasteiger partial charge in [0.2, 0.25) is 5.91 Å². The third kappa shape index (κ3) is 3.23. The van der Waals surface area contributed by atoms with E-state index in [4.69, 9.17) is 16.7 Å². The zero-order valence-electron chi connectivity index (χ0n) is 10.5. The Balaban J connectivity index is 2.92. The third-order valence-corrected chi connectivity index (χ3v) is 3.07. The molecule has 0 spiro atoms. The summed E-state index contributed by atoms with van der Waals surface area (Å²) < 4.78 is 0. The SMILES string of the molecule is C[C@H](NC(=O)C(C)(C)c1cccc(Cl)c1)C(=O)O. The van der Waals surface area contributed by atoms with E-state index in [9.17, 15) is 9.59 Å². The maximum absolute atomic E-state index is 12.1. The fraction of sp³-hybridized carbons (Fsp3) is 0.385. The molecular weight excluding hydrogens is 254 g/mol. The van der Waals surface area contributed by atoms with Gasteiger partial charge >= 0.3 is 5.97 Å². The second-order valence-corrected chi connectivity index (χ2v) is 5.11. The average Bonchev–Trinajstić information content (AvgIpc) is 2.28. The molecular formula is C13H16ClNO3. The quantitative estimate of drug-likeness (QED) is 0.881. The molecule has 0 aliphatic heterocycles. The molecule has 0 heterocycles. The van der Waals surface area contributed by atoms with Crippen molar-refractivity contribution in [2.24, 2.45) is 0 Å². The first-order chi connectivity index (χ1) is 8.25. The van der Waals surface area contributed by atoms with E-state index in [0.29, 0.717) is 5.02 Å². The molecule has 1 atom stereocenters. The summed E-state index contributed by atoms with van der Waals surface area (Å²) in [6.45, 7) is 4.87. The summed E-state index contributed by atoms with van der Waals surface area (Å²) in [5.41, 5.74) is -0.0979. The number of aliphatic carboxylic acids is 1. The molecule has 0 bridgehead atoms. The van der Waals surface area contributed by atoms with Gasteiger partial charge in [0.1, 0.15) is 6.04 Å². The highest BCUT2D eigenvalue weighted by atomic mass is 35.5. The minimum atomic E-state index is -1.06. The van der Waals surface area contributed by atoms with Gasteiger partial charge in [-0.2, -0.15) is 0 Å². The molecule has 1 aromatic carbocycles. The van der Waals surface area contributed by atoms with Crippen LogP contribution >= 0.6 is 11.6 Å². The van der Waals surface area contributed by atoms with Gasteiger partial charge in [0, 0.05) is 5.02 Å². The van der Waals surface area contributed by atoms with Crippen LogP contribution in [0.3, 0.4) is 0 Å². The summed E-state index contributed by atoms with van der Waals surface area (Å²) in [4.78, 5) is 22.8. The van der Waals surface area contributed by atoms with Crippen molar-refractivity contribution in [1.82, 2.24) is 5.32 Å². The maximum atomic E-state index is 12.1. The molecule has 4 nitrogen and oxygen atoms in total. The van der Waals surface area contributed by atoms with Crippen LogP contribution in [-0.4, -0.2) is 23.0 Å². The zero-order chi connectivity index (χ0) is 13.9. The van der Waals surface area contributed by atoms with Crippen molar-refractivity contribution in [2.75, 3.05) is 0 Å². The van der Waals surface area contributed by atoms with Crippen LogP contribution in [-0.2, 0) is 15.0 Å². The van der Waals surface area contributed by atoms with E-state index in [2.05, 4.69) is 5.32 Å². The lowest BCUT2D eigenvalue weighted by Gasteiger charge is -2.25. The molecule has 1 rings (SSSR count). The zero-order valence-corrected chi connectivity index (χ0v) is 11.3. The highest BCUT2D eigenvalue weighted by Crippen LogP contribution is 2.25. The molecule has 1 amide bonds. The average molecular weight is 270 g/mol. The number of carboxylic acid groups (broad SMARTS) is 1. The predicted octanol–water partition coefficient (Wildman–Crippen LogP) is 2.21. The molecule has 0 aliphatic carbocycles. The minimum absolute atomic E-state index is 0.348. The molecule has 0 aromatic heterocycles. The smallest absolute Gasteiger partial charge is 0.325 e. The van der Waals surface area contributed by atoms with E-state index in [1.807, 2.05) is 0 Å². The van der Waals surface area contributed by atoms with Gasteiger partial charge in [0.05, 0.1) is 5.41 Å². The van der Waals surface area contributed by atoms with Gasteiger partial charge in [-0.05, 0) is 38.5 Å². The van der Waals surface area contributed by atoms with Gasteiger partial charge in [-0.3, -0.25) is 9.59 Å². The lowest BCUT2D eigenvalue weighted by molar-refractivity contribution is -0.142. The molecule has 0 unspecified atom stereocenters. The Kier molecular flexibility index (Phi) is 4.35. The van der Waals surface area contributed by atoms with E-state index >= 15 is 0 Å². The molecule has 2 N–H and O–H groups in total. The number of carbonyl (C=O) groups excluding carboxylic acids is 1. The summed E-state index contributed by atoms with van der Waals surface area (Å²) in [5, 5.41) is 11.8. The monoisotopic (exact) mass is 269 g/mol. The Bertz CT molecular complexity index is 471. The number of carboxylic acids is 1. The Hall–Kier alpha value is -1.55. The number of rotatable bonds is 4. The third-order valence-electron chi connectivity index (χ3n) is 2.83. The van der Waals surface area contributed by atoms with E-state index in [0.717, 1.165) is 5.56 Å². The summed E-state index contributed by atoms with van der Waals surface area (Å²) in [5.74, 6) is -1.41. The molecule has 0 fully saturated rings. The van der Waals surface area contributed by atoms with Crippen LogP contribution in [0.15, 0.2) is 24.3 Å². The highest BCUT2D eigenvalue weighted by Gasteiger charge is 2.31. The largest absolute Gasteiger partial charge is 0.480 e. The number of amides is 1. The van der Waals surface area contributed by atoms with Crippen molar-refractivity contribution in [2.45, 2.75) is 32.2 Å². The van der Waals surface area contributed by atoms with Crippen LogP contribution in [0.25, 0.3) is 0 Å². The maximum Gasteiger partial charge on any atom is 0.325 e. The predicted molar refractivity (Wildman–Crippen MR) is 69.7 cm³/mol. The van der Waals surface area contributed by atoms with Gasteiger partial charge in [0.25, 0.3) is 0 Å². The molecule has 18 heavy (non-hydrogen) atoms. The lowest BCUT2D eigenvalue weighted by atomic mass is 9.83. The van der Waals surface area contributed by atoms with Crippen LogP contribution in [0.4, 0.5) is 0 Å². The van der Waals surface area contributed by atoms with Crippen molar-refractivity contribution in [1.29, 1.82) is 0 Å². The number of halogens is 1. The van der Waals surface area contributed by atoms with Crippen LogP contribution in [0.2, 0.25) is 5.02 Å². The Morgan fingerprint density at radius 1 is 1.39 bits per heavy atom. The Morgan fingerprint density at radius 2 is 2.00 bits per heavy atom. The summed E-state index contributed by atoms with van der Waals surface area (Å²) in [6.07, 6.45) is 0. The van der Waals surface area contributed by atoms with Gasteiger partial charge in [-0.1, -0.05) is 23.7 Å². The molecule has 0 saturated heterocycles.